The summed E-state index contributed by atoms with van der Waals surface area (Å²) in [6.45, 7) is 2.49. The summed E-state index contributed by atoms with van der Waals surface area (Å²) in [5.74, 6) is -0.164. The van der Waals surface area contributed by atoms with Crippen molar-refractivity contribution in [2.45, 2.75) is 13.3 Å². The molecule has 1 aromatic carbocycles. The molecular formula is C16H16Cl2N3NaO4S3. The molecule has 152 valence electrons. The van der Waals surface area contributed by atoms with Crippen LogP contribution in [-0.2, 0) is 14.9 Å². The molecule has 1 saturated heterocycles. The fourth-order valence-electron chi connectivity index (χ4n) is 3.13. The van der Waals surface area contributed by atoms with Crippen LogP contribution in [0.2, 0.25) is 10.0 Å². The molecule has 13 heteroatoms. The Hall–Kier alpha value is -0.0400. The van der Waals surface area contributed by atoms with Crippen LogP contribution in [0, 0.1) is 0 Å². The number of thioether (sulfide) groups is 1. The Morgan fingerprint density at radius 1 is 1.17 bits per heavy atom. The predicted octanol–water partition coefficient (Wildman–Crippen LogP) is 0.238. The summed E-state index contributed by atoms with van der Waals surface area (Å²) < 4.78 is 33.5. The van der Waals surface area contributed by atoms with E-state index >= 15 is 0 Å². The van der Waals surface area contributed by atoms with E-state index in [1.54, 1.807) is 29.0 Å². The first-order valence-electron chi connectivity index (χ1n) is 8.27. The van der Waals surface area contributed by atoms with Gasteiger partial charge in [-0.2, -0.15) is 0 Å². The van der Waals surface area contributed by atoms with Crippen LogP contribution in [0.1, 0.15) is 13.3 Å². The normalized spacial score (nSPS) is 19.1. The summed E-state index contributed by atoms with van der Waals surface area (Å²) >= 11 is 18.8. The molecule has 0 atom stereocenters. The third kappa shape index (κ3) is 5.07. The molecule has 29 heavy (non-hydrogen) atoms. The van der Waals surface area contributed by atoms with Gasteiger partial charge in [-0.1, -0.05) is 47.2 Å². The van der Waals surface area contributed by atoms with Crippen molar-refractivity contribution in [2.24, 2.45) is 0 Å². The van der Waals surface area contributed by atoms with Crippen molar-refractivity contribution in [3.8, 4) is 0 Å². The van der Waals surface area contributed by atoms with Gasteiger partial charge in [-0.3, -0.25) is 9.69 Å². The van der Waals surface area contributed by atoms with E-state index < -0.39 is 15.9 Å². The van der Waals surface area contributed by atoms with Crippen LogP contribution < -0.4 is 39.4 Å². The van der Waals surface area contributed by atoms with Gasteiger partial charge >= 0.3 is 29.6 Å². The summed E-state index contributed by atoms with van der Waals surface area (Å²) in [5.41, 5.74) is 1.40. The van der Waals surface area contributed by atoms with Crippen molar-refractivity contribution in [1.29, 1.82) is 0 Å². The maximum Gasteiger partial charge on any atom is 1.00 e. The molecule has 1 amide bonds. The third-order valence-corrected chi connectivity index (χ3v) is 7.33. The minimum Gasteiger partial charge on any atom is -0.748 e. The summed E-state index contributed by atoms with van der Waals surface area (Å²) in [6, 6.07) is 3.35. The number of likely N-dealkylation sites (N-methyl/N-ethyl adjacent to an activating group) is 1. The molecule has 0 aromatic heterocycles. The quantitative estimate of drug-likeness (QED) is 0.244. The standard InChI is InChI=1S/C16H17Cl2N3O4S3.Na/c1-3-20-15(22)13(27-16(20)26)14-19(2)11-7-9(17)10(18)8-12(11)21(14)5-4-6-28(23,24)25;/h7-8H,3-6H2,1-2H3,(H,23,24,25);/q;+1/p-1/b14-13-;. The van der Waals surface area contributed by atoms with Gasteiger partial charge in [0.1, 0.15) is 15.0 Å². The van der Waals surface area contributed by atoms with Crippen LogP contribution in [0.15, 0.2) is 22.9 Å². The van der Waals surface area contributed by atoms with Crippen molar-refractivity contribution in [3.63, 3.8) is 0 Å². The van der Waals surface area contributed by atoms with E-state index in [1.165, 1.54) is 16.7 Å². The van der Waals surface area contributed by atoms with E-state index in [0.717, 1.165) is 5.69 Å². The second kappa shape index (κ2) is 9.62. The number of amides is 1. The van der Waals surface area contributed by atoms with Crippen LogP contribution in [0.5, 0.6) is 0 Å². The molecule has 0 aliphatic carbocycles. The van der Waals surface area contributed by atoms with E-state index in [9.17, 15) is 17.8 Å². The molecule has 0 spiro atoms. The van der Waals surface area contributed by atoms with Gasteiger partial charge in [0, 0.05) is 25.9 Å². The molecule has 2 aliphatic rings. The molecule has 2 heterocycles. The first-order valence-corrected chi connectivity index (χ1v) is 11.8. The van der Waals surface area contributed by atoms with Gasteiger partial charge < -0.3 is 14.4 Å². The van der Waals surface area contributed by atoms with E-state index in [4.69, 9.17) is 35.4 Å². The Bertz CT molecular complexity index is 1000. The Balaban J connectivity index is 0.00000300. The molecular weight excluding hydrogens is 488 g/mol. The Labute approximate surface area is 211 Å². The fraction of sp³-hybridized carbons (Fsp3) is 0.375. The van der Waals surface area contributed by atoms with E-state index in [2.05, 4.69) is 0 Å². The number of rotatable bonds is 5. The van der Waals surface area contributed by atoms with Gasteiger partial charge in [0.05, 0.1) is 31.5 Å². The summed E-state index contributed by atoms with van der Waals surface area (Å²) in [7, 11) is -2.57. The largest absolute Gasteiger partial charge is 1.00 e. The molecule has 0 N–H and O–H groups in total. The Morgan fingerprint density at radius 3 is 2.28 bits per heavy atom. The van der Waals surface area contributed by atoms with Crippen LogP contribution in [0.3, 0.4) is 0 Å². The zero-order chi connectivity index (χ0) is 20.8. The Kier molecular flexibility index (Phi) is 8.37. The average Bonchev–Trinajstić information content (AvgIpc) is 3.01. The maximum atomic E-state index is 12.9. The molecule has 3 rings (SSSR count). The molecule has 0 unspecified atom stereocenters. The second-order valence-corrected chi connectivity index (χ2v) is 10.1. The number of carbonyl (C=O) groups is 1. The fourth-order valence-corrected chi connectivity index (χ4v) is 5.42. The van der Waals surface area contributed by atoms with Gasteiger partial charge in [0.15, 0.2) is 0 Å². The van der Waals surface area contributed by atoms with E-state index in [1.807, 2.05) is 6.92 Å². The van der Waals surface area contributed by atoms with E-state index in [-0.39, 0.29) is 48.4 Å². The minimum atomic E-state index is -4.35. The van der Waals surface area contributed by atoms with Crippen LogP contribution >= 0.6 is 47.2 Å². The molecule has 0 bridgehead atoms. The number of thiocarbonyl (C=S) groups is 1. The SMILES string of the molecule is CCN1C(=O)/C(=C2\N(C)c3cc(Cl)c(Cl)cc3N2CCCS(=O)(=O)[O-])SC1=S.[Na+]. The maximum absolute atomic E-state index is 12.9. The number of fused-ring (bicyclic) bond motifs is 1. The number of nitrogens with zero attached hydrogens (tertiary/aromatic N) is 3. The summed E-state index contributed by atoms with van der Waals surface area (Å²) in [5, 5.41) is 0.689. The van der Waals surface area contributed by atoms with Crippen LogP contribution in [0.4, 0.5) is 11.4 Å². The van der Waals surface area contributed by atoms with Crippen molar-refractivity contribution >= 4 is 78.9 Å². The summed E-state index contributed by atoms with van der Waals surface area (Å²) in [6.07, 6.45) is 0.0942. The predicted molar refractivity (Wildman–Crippen MR) is 116 cm³/mol. The molecule has 1 fully saturated rings. The number of anilines is 2. The Morgan fingerprint density at radius 2 is 1.76 bits per heavy atom. The van der Waals surface area contributed by atoms with E-state index in [0.29, 0.717) is 37.3 Å². The third-order valence-electron chi connectivity index (χ3n) is 4.39. The summed E-state index contributed by atoms with van der Waals surface area (Å²) in [4.78, 5) is 18.4. The zero-order valence-corrected chi connectivity index (χ0v) is 21.9. The first kappa shape index (κ1) is 25.2. The number of hydrogen-bond donors (Lipinski definition) is 0. The smallest absolute Gasteiger partial charge is 0.748 e. The molecule has 0 saturated carbocycles. The van der Waals surface area contributed by atoms with Gasteiger partial charge in [0.2, 0.25) is 0 Å². The number of benzene rings is 1. The van der Waals surface area contributed by atoms with Crippen molar-refractivity contribution in [1.82, 2.24) is 4.90 Å². The molecule has 0 radical (unpaired) electrons. The molecule has 2 aliphatic heterocycles. The zero-order valence-electron chi connectivity index (χ0n) is 15.9. The first-order chi connectivity index (χ1) is 13.0. The van der Waals surface area contributed by atoms with Crippen molar-refractivity contribution in [2.75, 3.05) is 35.7 Å². The van der Waals surface area contributed by atoms with Gasteiger partial charge in [-0.05, 0) is 25.5 Å². The number of carbonyl (C=O) groups excluding carboxylic acids is 1. The average molecular weight is 504 g/mol. The monoisotopic (exact) mass is 503 g/mol. The second-order valence-electron chi connectivity index (χ2n) is 6.15. The van der Waals surface area contributed by atoms with Crippen LogP contribution in [0.25, 0.3) is 0 Å². The molecule has 7 nitrogen and oxygen atoms in total. The van der Waals surface area contributed by atoms with Gasteiger partial charge in [0.25, 0.3) is 5.91 Å². The van der Waals surface area contributed by atoms with Crippen molar-refractivity contribution in [3.05, 3.63) is 32.9 Å². The van der Waals surface area contributed by atoms with Gasteiger partial charge in [-0.25, -0.2) is 8.42 Å². The number of halogens is 2. The topological polar surface area (TPSA) is 84.0 Å². The number of hydrogen-bond acceptors (Lipinski definition) is 8. The van der Waals surface area contributed by atoms with Gasteiger partial charge in [-0.15, -0.1) is 0 Å². The minimum absolute atomic E-state index is 0. The van der Waals surface area contributed by atoms with Crippen LogP contribution in [-0.4, -0.2) is 54.0 Å². The molecule has 1 aromatic rings. The van der Waals surface area contributed by atoms with Crippen molar-refractivity contribution < 1.29 is 47.3 Å².